The Bertz CT molecular complexity index is 599. The fourth-order valence-corrected chi connectivity index (χ4v) is 4.78. The summed E-state index contributed by atoms with van der Waals surface area (Å²) in [4.78, 5) is -0.0822. The van der Waals surface area contributed by atoms with E-state index in [2.05, 4.69) is 4.72 Å². The predicted molar refractivity (Wildman–Crippen MR) is 85.3 cm³/mol. The van der Waals surface area contributed by atoms with Gasteiger partial charge < -0.3 is 5.73 Å². The van der Waals surface area contributed by atoms with E-state index in [0.717, 1.165) is 31.7 Å². The van der Waals surface area contributed by atoms with Crippen LogP contribution < -0.4 is 10.5 Å². The van der Waals surface area contributed by atoms with E-state index in [-0.39, 0.29) is 15.3 Å². The van der Waals surface area contributed by atoms with Crippen molar-refractivity contribution in [3.05, 3.63) is 24.0 Å². The van der Waals surface area contributed by atoms with Gasteiger partial charge in [-0.1, -0.05) is 19.3 Å². The zero-order valence-corrected chi connectivity index (χ0v) is 13.7. The highest BCUT2D eigenvalue weighted by Crippen LogP contribution is 2.38. The maximum absolute atomic E-state index is 13.4. The van der Waals surface area contributed by atoms with Gasteiger partial charge in [-0.3, -0.25) is 0 Å². The lowest BCUT2D eigenvalue weighted by atomic mass is 9.88. The Balaban J connectivity index is 2.11. The van der Waals surface area contributed by atoms with Crippen molar-refractivity contribution in [2.75, 3.05) is 18.5 Å². The van der Waals surface area contributed by atoms with Crippen molar-refractivity contribution in [1.82, 2.24) is 4.72 Å². The van der Waals surface area contributed by atoms with Gasteiger partial charge in [0.2, 0.25) is 10.0 Å². The second-order valence-corrected chi connectivity index (χ2v) is 8.50. The van der Waals surface area contributed by atoms with Crippen molar-refractivity contribution in [2.45, 2.75) is 41.7 Å². The van der Waals surface area contributed by atoms with Crippen LogP contribution in [0.15, 0.2) is 23.1 Å². The molecule has 1 aromatic rings. The molecule has 0 aliphatic heterocycles. The van der Waals surface area contributed by atoms with E-state index in [0.29, 0.717) is 6.54 Å². The van der Waals surface area contributed by atoms with Crippen molar-refractivity contribution in [2.24, 2.45) is 0 Å². The first-order valence-electron chi connectivity index (χ1n) is 6.98. The molecule has 0 heterocycles. The molecule has 0 bridgehead atoms. The molecule has 2 rings (SSSR count). The number of hydrogen-bond donors (Lipinski definition) is 2. The number of anilines is 1. The van der Waals surface area contributed by atoms with E-state index in [1.54, 1.807) is 11.8 Å². The minimum Gasteiger partial charge on any atom is -0.396 e. The van der Waals surface area contributed by atoms with Crippen LogP contribution in [0.25, 0.3) is 0 Å². The van der Waals surface area contributed by atoms with Crippen LogP contribution in [0, 0.1) is 5.82 Å². The Hall–Kier alpha value is -0.790. The van der Waals surface area contributed by atoms with Gasteiger partial charge in [-0.25, -0.2) is 17.5 Å². The molecule has 1 saturated carbocycles. The minimum atomic E-state index is -3.71. The molecule has 1 aromatic carbocycles. The van der Waals surface area contributed by atoms with Crippen LogP contribution in [0.2, 0.25) is 0 Å². The molecule has 0 atom stereocenters. The summed E-state index contributed by atoms with van der Waals surface area (Å²) in [5.74, 6) is -0.713. The summed E-state index contributed by atoms with van der Waals surface area (Å²) < 4.78 is 40.5. The summed E-state index contributed by atoms with van der Waals surface area (Å²) in [7, 11) is -3.71. The Morgan fingerprint density at radius 2 is 2.00 bits per heavy atom. The van der Waals surface area contributed by atoms with Gasteiger partial charge in [-0.2, -0.15) is 11.8 Å². The molecule has 21 heavy (non-hydrogen) atoms. The first kappa shape index (κ1) is 16.6. The van der Waals surface area contributed by atoms with Gasteiger partial charge in [0.15, 0.2) is 0 Å². The molecule has 1 aliphatic carbocycles. The topological polar surface area (TPSA) is 72.2 Å². The number of thioether (sulfide) groups is 1. The minimum absolute atomic E-state index is 0.0440. The second kappa shape index (κ2) is 6.54. The van der Waals surface area contributed by atoms with E-state index in [4.69, 9.17) is 5.73 Å². The maximum Gasteiger partial charge on any atom is 0.240 e. The van der Waals surface area contributed by atoms with E-state index < -0.39 is 15.8 Å². The first-order valence-corrected chi connectivity index (χ1v) is 9.69. The molecular formula is C14H21FN2O2S2. The van der Waals surface area contributed by atoms with Gasteiger partial charge in [0.25, 0.3) is 0 Å². The maximum atomic E-state index is 13.4. The predicted octanol–water partition coefficient (Wildman–Crippen LogP) is 2.75. The summed E-state index contributed by atoms with van der Waals surface area (Å²) in [6.45, 7) is 0.377. The van der Waals surface area contributed by atoms with Crippen LogP contribution in [-0.2, 0) is 10.0 Å². The van der Waals surface area contributed by atoms with Crippen LogP contribution >= 0.6 is 11.8 Å². The number of sulfonamides is 1. The van der Waals surface area contributed by atoms with Crippen LogP contribution in [0.5, 0.6) is 0 Å². The third-order valence-corrected chi connectivity index (χ3v) is 6.88. The molecule has 4 nitrogen and oxygen atoms in total. The summed E-state index contributed by atoms with van der Waals surface area (Å²) in [5.41, 5.74) is 5.32. The summed E-state index contributed by atoms with van der Waals surface area (Å²) in [5, 5.41) is 0. The van der Waals surface area contributed by atoms with Crippen LogP contribution in [0.1, 0.15) is 32.1 Å². The molecule has 1 fully saturated rings. The lowest BCUT2D eigenvalue weighted by Gasteiger charge is -2.35. The van der Waals surface area contributed by atoms with Gasteiger partial charge in [0, 0.05) is 11.3 Å². The highest BCUT2D eigenvalue weighted by Gasteiger charge is 2.32. The van der Waals surface area contributed by atoms with Crippen LogP contribution in [0.3, 0.4) is 0 Å². The molecule has 0 saturated heterocycles. The molecular weight excluding hydrogens is 311 g/mol. The van der Waals surface area contributed by atoms with Gasteiger partial charge in [0.1, 0.15) is 5.82 Å². The van der Waals surface area contributed by atoms with Crippen molar-refractivity contribution < 1.29 is 12.8 Å². The summed E-state index contributed by atoms with van der Waals surface area (Å²) in [6.07, 6.45) is 7.48. The van der Waals surface area contributed by atoms with Crippen molar-refractivity contribution in [3.63, 3.8) is 0 Å². The Morgan fingerprint density at radius 3 is 2.57 bits per heavy atom. The number of rotatable bonds is 5. The number of halogens is 1. The van der Waals surface area contributed by atoms with Gasteiger partial charge >= 0.3 is 0 Å². The third kappa shape index (κ3) is 3.90. The molecule has 0 aromatic heterocycles. The summed E-state index contributed by atoms with van der Waals surface area (Å²) >= 11 is 1.71. The lowest BCUT2D eigenvalue weighted by molar-refractivity contribution is 0.395. The number of nitrogens with two attached hydrogens (primary N) is 1. The van der Waals surface area contributed by atoms with Crippen molar-refractivity contribution in [3.8, 4) is 0 Å². The van der Waals surface area contributed by atoms with Crippen LogP contribution in [0.4, 0.5) is 10.1 Å². The molecule has 0 amide bonds. The van der Waals surface area contributed by atoms with Crippen molar-refractivity contribution in [1.29, 1.82) is 0 Å². The molecule has 0 unspecified atom stereocenters. The Labute approximate surface area is 129 Å². The first-order chi connectivity index (χ1) is 9.88. The van der Waals surface area contributed by atoms with E-state index >= 15 is 0 Å². The van der Waals surface area contributed by atoms with Gasteiger partial charge in [0.05, 0.1) is 10.6 Å². The largest absolute Gasteiger partial charge is 0.396 e. The van der Waals surface area contributed by atoms with Gasteiger partial charge in [-0.15, -0.1) is 0 Å². The molecule has 7 heteroatoms. The Morgan fingerprint density at radius 1 is 1.33 bits per heavy atom. The number of benzene rings is 1. The normalized spacial score (nSPS) is 18.6. The quantitative estimate of drug-likeness (QED) is 0.813. The van der Waals surface area contributed by atoms with E-state index in [1.165, 1.54) is 18.6 Å². The smallest absolute Gasteiger partial charge is 0.240 e. The number of nitrogens with one attached hydrogen (secondary N) is 1. The number of nitrogen functional groups attached to an aromatic ring is 1. The monoisotopic (exact) mass is 332 g/mol. The van der Waals surface area contributed by atoms with E-state index in [1.807, 2.05) is 6.26 Å². The van der Waals surface area contributed by atoms with Gasteiger partial charge in [-0.05, 0) is 37.3 Å². The third-order valence-electron chi connectivity index (χ3n) is 4.06. The molecule has 3 N–H and O–H groups in total. The summed E-state index contributed by atoms with van der Waals surface area (Å²) in [6, 6.07) is 3.56. The molecule has 118 valence electrons. The Kier molecular flexibility index (Phi) is 5.16. The highest BCUT2D eigenvalue weighted by atomic mass is 32.2. The average Bonchev–Trinajstić information content (AvgIpc) is 2.49. The fraction of sp³-hybridized carbons (Fsp3) is 0.571. The second-order valence-electron chi connectivity index (χ2n) is 5.46. The zero-order chi connectivity index (χ0) is 15.5. The highest BCUT2D eigenvalue weighted by molar-refractivity contribution is 8.00. The van der Waals surface area contributed by atoms with E-state index in [9.17, 15) is 12.8 Å². The molecule has 1 aliphatic rings. The fourth-order valence-electron chi connectivity index (χ4n) is 2.63. The van der Waals surface area contributed by atoms with Crippen LogP contribution in [-0.4, -0.2) is 26.0 Å². The standard InChI is InChI=1S/C14H21FN2O2S2/c1-20-14(7-3-2-4-8-14)10-17-21(18,19)11-5-6-13(16)12(15)9-11/h5-6,9,17H,2-4,7-8,10,16H2,1H3. The number of hydrogen-bond acceptors (Lipinski definition) is 4. The zero-order valence-electron chi connectivity index (χ0n) is 12.1. The van der Waals surface area contributed by atoms with Crippen molar-refractivity contribution >= 4 is 27.5 Å². The SMILES string of the molecule is CSC1(CNS(=O)(=O)c2ccc(N)c(F)c2)CCCCC1. The molecule has 0 radical (unpaired) electrons. The molecule has 0 spiro atoms. The lowest BCUT2D eigenvalue weighted by Crippen LogP contribution is -2.41. The average molecular weight is 332 g/mol.